The Kier molecular flexibility index (Phi) is 5.38. The first-order valence-electron chi connectivity index (χ1n) is 9.57. The lowest BCUT2D eigenvalue weighted by molar-refractivity contribution is -0.384. The summed E-state index contributed by atoms with van der Waals surface area (Å²) >= 11 is 12.6. The van der Waals surface area contributed by atoms with Crippen LogP contribution in [0, 0.1) is 17.0 Å². The van der Waals surface area contributed by atoms with Crippen LogP contribution in [0.25, 0.3) is 0 Å². The Morgan fingerprint density at radius 2 is 1.90 bits per heavy atom. The minimum atomic E-state index is -0.493. The molecule has 0 fully saturated rings. The number of rotatable bonds is 3. The van der Waals surface area contributed by atoms with Crippen molar-refractivity contribution in [3.05, 3.63) is 79.0 Å². The van der Waals surface area contributed by atoms with Gasteiger partial charge in [0.2, 0.25) is 5.91 Å². The standard InChI is InChI=1S/C22H18Cl2N2O4/c1-12-8-9-13(26(29)30)10-18(12)25-17-6-3-7-19(27)21(17)15(11-20(25)28)14-4-2-5-16(23)22(14)24/h2,4-5,8-10,15H,3,6-7,11H2,1H3. The van der Waals surface area contributed by atoms with E-state index in [9.17, 15) is 19.7 Å². The monoisotopic (exact) mass is 444 g/mol. The molecule has 0 saturated carbocycles. The number of nitro benzene ring substituents is 1. The Morgan fingerprint density at radius 1 is 1.13 bits per heavy atom. The molecule has 0 saturated heterocycles. The van der Waals surface area contributed by atoms with Gasteiger partial charge in [0.15, 0.2) is 5.78 Å². The van der Waals surface area contributed by atoms with Crippen molar-refractivity contribution in [2.75, 3.05) is 4.90 Å². The molecule has 6 nitrogen and oxygen atoms in total. The van der Waals surface area contributed by atoms with E-state index in [4.69, 9.17) is 23.2 Å². The number of nitro groups is 1. The number of anilines is 1. The van der Waals surface area contributed by atoms with E-state index in [-0.39, 0.29) is 23.8 Å². The number of carbonyl (C=O) groups excluding carboxylic acids is 2. The van der Waals surface area contributed by atoms with Crippen LogP contribution in [0.4, 0.5) is 11.4 Å². The summed E-state index contributed by atoms with van der Waals surface area (Å²) in [7, 11) is 0. The molecule has 1 atom stereocenters. The van der Waals surface area contributed by atoms with Crippen molar-refractivity contribution in [3.8, 4) is 0 Å². The molecule has 2 aromatic rings. The number of allylic oxidation sites excluding steroid dienone is 2. The molecule has 0 radical (unpaired) electrons. The molecule has 8 heteroatoms. The Morgan fingerprint density at radius 3 is 2.63 bits per heavy atom. The molecule has 2 aromatic carbocycles. The van der Waals surface area contributed by atoms with E-state index in [0.717, 1.165) is 5.56 Å². The summed E-state index contributed by atoms with van der Waals surface area (Å²) in [5.74, 6) is -0.743. The van der Waals surface area contributed by atoms with Gasteiger partial charge in [-0.25, -0.2) is 0 Å². The highest BCUT2D eigenvalue weighted by Crippen LogP contribution is 2.46. The van der Waals surface area contributed by atoms with Crippen molar-refractivity contribution in [1.29, 1.82) is 0 Å². The van der Waals surface area contributed by atoms with Crippen molar-refractivity contribution in [3.63, 3.8) is 0 Å². The Balaban J connectivity index is 1.92. The van der Waals surface area contributed by atoms with Gasteiger partial charge in [-0.2, -0.15) is 0 Å². The number of benzene rings is 2. The molecule has 1 amide bonds. The lowest BCUT2D eigenvalue weighted by Gasteiger charge is -2.39. The summed E-state index contributed by atoms with van der Waals surface area (Å²) in [6.45, 7) is 1.79. The zero-order valence-electron chi connectivity index (χ0n) is 16.2. The fraction of sp³-hybridized carbons (Fsp3) is 0.273. The minimum Gasteiger partial charge on any atom is -0.294 e. The second-order valence-electron chi connectivity index (χ2n) is 7.49. The van der Waals surface area contributed by atoms with Gasteiger partial charge in [0, 0.05) is 42.2 Å². The number of hydrogen-bond acceptors (Lipinski definition) is 4. The van der Waals surface area contributed by atoms with Crippen LogP contribution in [-0.4, -0.2) is 16.6 Å². The van der Waals surface area contributed by atoms with Gasteiger partial charge in [-0.3, -0.25) is 24.6 Å². The summed E-state index contributed by atoms with van der Waals surface area (Å²) in [5.41, 5.74) is 2.86. The van der Waals surface area contributed by atoms with Crippen molar-refractivity contribution in [2.45, 2.75) is 38.5 Å². The summed E-state index contributed by atoms with van der Waals surface area (Å²) in [6.07, 6.45) is 1.57. The number of non-ortho nitro benzene ring substituents is 1. The van der Waals surface area contributed by atoms with Gasteiger partial charge in [-0.15, -0.1) is 0 Å². The molecule has 30 heavy (non-hydrogen) atoms. The molecule has 1 aliphatic heterocycles. The van der Waals surface area contributed by atoms with Gasteiger partial charge in [0.25, 0.3) is 5.69 Å². The third-order valence-corrected chi connectivity index (χ3v) is 6.51. The number of nitrogens with zero attached hydrogens (tertiary/aromatic N) is 2. The molecule has 1 unspecified atom stereocenters. The van der Waals surface area contributed by atoms with Crippen LogP contribution >= 0.6 is 23.2 Å². The van der Waals surface area contributed by atoms with Gasteiger partial charge in [0.05, 0.1) is 20.7 Å². The van der Waals surface area contributed by atoms with Gasteiger partial charge in [-0.1, -0.05) is 41.4 Å². The highest BCUT2D eigenvalue weighted by Gasteiger charge is 2.41. The average molecular weight is 445 g/mol. The number of aryl methyl sites for hydroxylation is 1. The van der Waals surface area contributed by atoms with E-state index < -0.39 is 10.8 Å². The summed E-state index contributed by atoms with van der Waals surface area (Å²) in [5, 5.41) is 12.0. The van der Waals surface area contributed by atoms with Crippen molar-refractivity contribution >= 4 is 46.3 Å². The lowest BCUT2D eigenvalue weighted by atomic mass is 9.77. The number of amides is 1. The van der Waals surface area contributed by atoms with Gasteiger partial charge >= 0.3 is 0 Å². The van der Waals surface area contributed by atoms with Crippen LogP contribution in [0.3, 0.4) is 0 Å². The second-order valence-corrected chi connectivity index (χ2v) is 8.28. The highest BCUT2D eigenvalue weighted by molar-refractivity contribution is 6.42. The third kappa shape index (κ3) is 3.40. The average Bonchev–Trinajstić information content (AvgIpc) is 2.70. The normalized spacial score (nSPS) is 19.2. The van der Waals surface area contributed by atoms with E-state index >= 15 is 0 Å². The molecule has 0 bridgehead atoms. The topological polar surface area (TPSA) is 80.5 Å². The van der Waals surface area contributed by atoms with Crippen LogP contribution in [0.1, 0.15) is 42.7 Å². The summed E-state index contributed by atoms with van der Waals surface area (Å²) in [6, 6.07) is 9.61. The van der Waals surface area contributed by atoms with Gasteiger partial charge < -0.3 is 0 Å². The zero-order valence-corrected chi connectivity index (χ0v) is 17.7. The molecular formula is C22H18Cl2N2O4. The minimum absolute atomic E-state index is 0.0297. The molecule has 1 heterocycles. The van der Waals surface area contributed by atoms with Crippen LogP contribution in [0.5, 0.6) is 0 Å². The predicted molar refractivity (Wildman–Crippen MR) is 115 cm³/mol. The van der Waals surface area contributed by atoms with Crippen LogP contribution in [0.2, 0.25) is 10.0 Å². The van der Waals surface area contributed by atoms with E-state index in [2.05, 4.69) is 0 Å². The fourth-order valence-electron chi connectivity index (χ4n) is 4.28. The van der Waals surface area contributed by atoms with Crippen molar-refractivity contribution in [1.82, 2.24) is 0 Å². The third-order valence-electron chi connectivity index (χ3n) is 5.68. The van der Waals surface area contributed by atoms with Gasteiger partial charge in [0.1, 0.15) is 0 Å². The maximum atomic E-state index is 13.3. The Labute approximate surface area is 183 Å². The molecule has 2 aliphatic rings. The first-order valence-corrected chi connectivity index (χ1v) is 10.3. The van der Waals surface area contributed by atoms with Crippen LogP contribution in [-0.2, 0) is 9.59 Å². The SMILES string of the molecule is Cc1ccc([N+](=O)[O-])cc1N1C(=O)CC(c2cccc(Cl)c2Cl)C2=C1CCCC2=O. The molecule has 0 aromatic heterocycles. The van der Waals surface area contributed by atoms with E-state index in [1.165, 1.54) is 17.0 Å². The van der Waals surface area contributed by atoms with E-state index in [1.807, 2.05) is 0 Å². The second kappa shape index (κ2) is 7.85. The largest absolute Gasteiger partial charge is 0.294 e. The maximum Gasteiger partial charge on any atom is 0.271 e. The zero-order chi connectivity index (χ0) is 21.6. The van der Waals surface area contributed by atoms with Crippen molar-refractivity contribution < 1.29 is 14.5 Å². The number of ketones is 1. The lowest BCUT2D eigenvalue weighted by Crippen LogP contribution is -2.41. The van der Waals surface area contributed by atoms with E-state index in [1.54, 1.807) is 31.2 Å². The van der Waals surface area contributed by atoms with E-state index in [0.29, 0.717) is 51.8 Å². The number of Topliss-reactive ketones (excluding diaryl/α,β-unsaturated/α-hetero) is 1. The fourth-order valence-corrected chi connectivity index (χ4v) is 4.72. The number of hydrogen-bond donors (Lipinski definition) is 0. The Bertz CT molecular complexity index is 1130. The molecule has 0 spiro atoms. The number of halogens is 2. The molecule has 4 rings (SSSR count). The molecule has 154 valence electrons. The predicted octanol–water partition coefficient (Wildman–Crippen LogP) is 5.74. The van der Waals surface area contributed by atoms with Crippen LogP contribution in [0.15, 0.2) is 47.7 Å². The van der Waals surface area contributed by atoms with Crippen LogP contribution < -0.4 is 4.90 Å². The first kappa shape index (κ1) is 20.6. The summed E-state index contributed by atoms with van der Waals surface area (Å²) < 4.78 is 0. The Hall–Kier alpha value is -2.70. The quantitative estimate of drug-likeness (QED) is 0.446. The van der Waals surface area contributed by atoms with Gasteiger partial charge in [-0.05, 0) is 37.0 Å². The number of carbonyl (C=O) groups is 2. The molecule has 1 aliphatic carbocycles. The molecule has 0 N–H and O–H groups in total. The smallest absolute Gasteiger partial charge is 0.271 e. The highest BCUT2D eigenvalue weighted by atomic mass is 35.5. The first-order chi connectivity index (χ1) is 14.3. The molecular weight excluding hydrogens is 427 g/mol. The van der Waals surface area contributed by atoms with Crippen molar-refractivity contribution in [2.24, 2.45) is 0 Å². The maximum absolute atomic E-state index is 13.3. The summed E-state index contributed by atoms with van der Waals surface area (Å²) in [4.78, 5) is 38.6.